The van der Waals surface area contributed by atoms with Gasteiger partial charge in [0.2, 0.25) is 0 Å². The first-order valence-corrected chi connectivity index (χ1v) is 6.52. The van der Waals surface area contributed by atoms with Gasteiger partial charge < -0.3 is 10.2 Å². The minimum atomic E-state index is 0.731. The number of guanidine groups is 1. The van der Waals surface area contributed by atoms with E-state index in [9.17, 15) is 0 Å². The Labute approximate surface area is 103 Å². The van der Waals surface area contributed by atoms with Gasteiger partial charge in [-0.2, -0.15) is 0 Å². The summed E-state index contributed by atoms with van der Waals surface area (Å²) in [6.07, 6.45) is 2.48. The van der Waals surface area contributed by atoms with Crippen molar-refractivity contribution in [2.45, 2.75) is 18.8 Å². The van der Waals surface area contributed by atoms with Crippen LogP contribution in [0.25, 0.3) is 0 Å². The van der Waals surface area contributed by atoms with Crippen LogP contribution in [0.5, 0.6) is 0 Å². The molecule has 2 aliphatic heterocycles. The van der Waals surface area contributed by atoms with Crippen LogP contribution >= 0.6 is 0 Å². The number of nitrogens with one attached hydrogen (secondary N) is 1. The van der Waals surface area contributed by atoms with Gasteiger partial charge in [-0.15, -0.1) is 0 Å². The van der Waals surface area contributed by atoms with E-state index in [0.29, 0.717) is 0 Å². The van der Waals surface area contributed by atoms with Crippen molar-refractivity contribution in [2.75, 3.05) is 26.2 Å². The third kappa shape index (κ3) is 2.28. The summed E-state index contributed by atoms with van der Waals surface area (Å²) in [5.74, 6) is 1.85. The number of aliphatic imine (C=N–C) groups is 1. The van der Waals surface area contributed by atoms with Crippen molar-refractivity contribution in [1.82, 2.24) is 10.2 Å². The van der Waals surface area contributed by atoms with Crippen LogP contribution in [0, 0.1) is 0 Å². The highest BCUT2D eigenvalue weighted by Gasteiger charge is 2.23. The second kappa shape index (κ2) is 4.78. The molecule has 1 fully saturated rings. The molecule has 0 atom stereocenters. The van der Waals surface area contributed by atoms with Crippen molar-refractivity contribution in [3.8, 4) is 0 Å². The normalized spacial score (nSPS) is 21.2. The van der Waals surface area contributed by atoms with E-state index in [1.165, 1.54) is 18.4 Å². The van der Waals surface area contributed by atoms with Gasteiger partial charge in [-0.3, -0.25) is 4.99 Å². The summed E-state index contributed by atoms with van der Waals surface area (Å²) in [5, 5.41) is 3.36. The van der Waals surface area contributed by atoms with E-state index in [1.807, 2.05) is 0 Å². The predicted octanol–water partition coefficient (Wildman–Crippen LogP) is 1.83. The first-order chi connectivity index (χ1) is 8.43. The third-order valence-electron chi connectivity index (χ3n) is 3.72. The van der Waals surface area contributed by atoms with Gasteiger partial charge in [0.05, 0.1) is 6.54 Å². The van der Waals surface area contributed by atoms with E-state index in [4.69, 9.17) is 0 Å². The van der Waals surface area contributed by atoms with Gasteiger partial charge in [-0.25, -0.2) is 0 Å². The van der Waals surface area contributed by atoms with Gasteiger partial charge in [0.1, 0.15) is 0 Å². The first-order valence-electron chi connectivity index (χ1n) is 6.52. The molecule has 0 saturated carbocycles. The SMILES string of the molecule is c1ccc(C2CCN(C3=NCCN3)CC2)cc1. The number of hydrogen-bond donors (Lipinski definition) is 1. The van der Waals surface area contributed by atoms with Crippen LogP contribution in [0.2, 0.25) is 0 Å². The van der Waals surface area contributed by atoms with Crippen molar-refractivity contribution in [3.05, 3.63) is 35.9 Å². The maximum atomic E-state index is 4.49. The van der Waals surface area contributed by atoms with Crippen molar-refractivity contribution < 1.29 is 0 Å². The molecule has 17 heavy (non-hydrogen) atoms. The molecule has 1 aromatic carbocycles. The van der Waals surface area contributed by atoms with Crippen LogP contribution in [-0.4, -0.2) is 37.0 Å². The van der Waals surface area contributed by atoms with Crippen LogP contribution < -0.4 is 5.32 Å². The summed E-state index contributed by atoms with van der Waals surface area (Å²) in [6, 6.07) is 10.9. The van der Waals surface area contributed by atoms with Crippen LogP contribution in [0.1, 0.15) is 24.3 Å². The molecule has 0 aliphatic carbocycles. The molecule has 1 aromatic rings. The second-order valence-electron chi connectivity index (χ2n) is 4.80. The highest BCUT2D eigenvalue weighted by Crippen LogP contribution is 2.27. The molecular formula is C14H19N3. The van der Waals surface area contributed by atoms with Gasteiger partial charge in [0, 0.05) is 19.6 Å². The largest absolute Gasteiger partial charge is 0.354 e. The molecule has 0 spiro atoms. The number of benzene rings is 1. The molecule has 2 heterocycles. The third-order valence-corrected chi connectivity index (χ3v) is 3.72. The number of hydrogen-bond acceptors (Lipinski definition) is 3. The Balaban J connectivity index is 1.61. The molecule has 3 nitrogen and oxygen atoms in total. The van der Waals surface area contributed by atoms with Crippen molar-refractivity contribution >= 4 is 5.96 Å². The van der Waals surface area contributed by atoms with Crippen molar-refractivity contribution in [2.24, 2.45) is 4.99 Å². The minimum Gasteiger partial charge on any atom is -0.354 e. The fourth-order valence-electron chi connectivity index (χ4n) is 2.75. The fourth-order valence-corrected chi connectivity index (χ4v) is 2.75. The van der Waals surface area contributed by atoms with E-state index in [1.54, 1.807) is 0 Å². The van der Waals surface area contributed by atoms with Gasteiger partial charge in [0.25, 0.3) is 0 Å². The van der Waals surface area contributed by atoms with Crippen LogP contribution in [0.3, 0.4) is 0 Å². The maximum absolute atomic E-state index is 4.49. The monoisotopic (exact) mass is 229 g/mol. The summed E-state index contributed by atoms with van der Waals surface area (Å²) in [7, 11) is 0. The topological polar surface area (TPSA) is 27.6 Å². The smallest absolute Gasteiger partial charge is 0.194 e. The van der Waals surface area contributed by atoms with Crippen LogP contribution in [0.4, 0.5) is 0 Å². The average molecular weight is 229 g/mol. The van der Waals surface area contributed by atoms with E-state index < -0.39 is 0 Å². The molecule has 1 saturated heterocycles. The number of rotatable bonds is 1. The lowest BCUT2D eigenvalue weighted by atomic mass is 9.90. The first kappa shape index (κ1) is 10.6. The molecule has 0 unspecified atom stereocenters. The highest BCUT2D eigenvalue weighted by molar-refractivity contribution is 5.81. The lowest BCUT2D eigenvalue weighted by molar-refractivity contribution is 0.307. The lowest BCUT2D eigenvalue weighted by Crippen LogP contribution is -2.43. The molecule has 1 N–H and O–H groups in total. The summed E-state index contributed by atoms with van der Waals surface area (Å²) in [5.41, 5.74) is 1.49. The summed E-state index contributed by atoms with van der Waals surface area (Å²) in [6.45, 7) is 4.21. The zero-order valence-electron chi connectivity index (χ0n) is 10.1. The Morgan fingerprint density at radius 1 is 1.12 bits per heavy atom. The Hall–Kier alpha value is -1.51. The Morgan fingerprint density at radius 3 is 2.53 bits per heavy atom. The van der Waals surface area contributed by atoms with E-state index in [-0.39, 0.29) is 0 Å². The van der Waals surface area contributed by atoms with Gasteiger partial charge in [-0.05, 0) is 24.3 Å². The Morgan fingerprint density at radius 2 is 1.88 bits per heavy atom. The lowest BCUT2D eigenvalue weighted by Gasteiger charge is -2.33. The quantitative estimate of drug-likeness (QED) is 0.795. The zero-order chi connectivity index (χ0) is 11.5. The molecule has 0 aromatic heterocycles. The number of nitrogens with zero attached hydrogens (tertiary/aromatic N) is 2. The van der Waals surface area contributed by atoms with E-state index >= 15 is 0 Å². The summed E-state index contributed by atoms with van der Waals surface area (Å²) in [4.78, 5) is 6.88. The highest BCUT2D eigenvalue weighted by atomic mass is 15.3. The van der Waals surface area contributed by atoms with Gasteiger partial charge in [-0.1, -0.05) is 30.3 Å². The molecule has 3 rings (SSSR count). The van der Waals surface area contributed by atoms with Crippen LogP contribution in [-0.2, 0) is 0 Å². The van der Waals surface area contributed by atoms with Gasteiger partial charge >= 0.3 is 0 Å². The van der Waals surface area contributed by atoms with Crippen molar-refractivity contribution in [3.63, 3.8) is 0 Å². The molecule has 90 valence electrons. The van der Waals surface area contributed by atoms with E-state index in [0.717, 1.165) is 38.1 Å². The number of likely N-dealkylation sites (tertiary alicyclic amines) is 1. The fraction of sp³-hybridized carbons (Fsp3) is 0.500. The average Bonchev–Trinajstić information content (AvgIpc) is 2.94. The van der Waals surface area contributed by atoms with Crippen molar-refractivity contribution in [1.29, 1.82) is 0 Å². The minimum absolute atomic E-state index is 0.731. The molecule has 2 aliphatic rings. The Kier molecular flexibility index (Phi) is 2.99. The summed E-state index contributed by atoms with van der Waals surface area (Å²) < 4.78 is 0. The molecule has 0 radical (unpaired) electrons. The summed E-state index contributed by atoms with van der Waals surface area (Å²) >= 11 is 0. The predicted molar refractivity (Wildman–Crippen MR) is 70.3 cm³/mol. The Bertz CT molecular complexity index is 391. The maximum Gasteiger partial charge on any atom is 0.194 e. The molecule has 0 amide bonds. The van der Waals surface area contributed by atoms with Crippen LogP contribution in [0.15, 0.2) is 35.3 Å². The second-order valence-corrected chi connectivity index (χ2v) is 4.80. The zero-order valence-corrected chi connectivity index (χ0v) is 10.1. The van der Waals surface area contributed by atoms with E-state index in [2.05, 4.69) is 45.5 Å². The molecule has 0 bridgehead atoms. The molecular weight excluding hydrogens is 210 g/mol. The number of piperidine rings is 1. The molecule has 3 heteroatoms. The standard InChI is InChI=1S/C14H19N3/c1-2-4-12(5-3-1)13-6-10-17(11-7-13)14-15-8-9-16-14/h1-5,13H,6-11H2,(H,15,16). The van der Waals surface area contributed by atoms with Gasteiger partial charge in [0.15, 0.2) is 5.96 Å².